The van der Waals surface area contributed by atoms with E-state index in [1.54, 1.807) is 0 Å². The predicted molar refractivity (Wildman–Crippen MR) is 88.8 cm³/mol. The number of nitrogens with zero attached hydrogens (tertiary/aromatic N) is 4. The van der Waals surface area contributed by atoms with Crippen LogP contribution in [0.4, 0.5) is 0 Å². The number of rotatable bonds is 4. The molecule has 6 heteroatoms. The van der Waals surface area contributed by atoms with Gasteiger partial charge in [-0.25, -0.2) is 0 Å². The number of aryl methyl sites for hydroxylation is 1. The lowest BCUT2D eigenvalue weighted by atomic mass is 9.88. The largest absolute Gasteiger partial charge is 0.353 e. The maximum atomic E-state index is 12.3. The average Bonchev–Trinajstić information content (AvgIpc) is 2.89. The minimum atomic E-state index is 0.267. The standard InChI is InChI=1S/C17H29N5O/c1-13-19-20-16(21(13)2)12-22-10-8-15(9-11-22)18-17(23)14-6-4-3-5-7-14/h14-15H,3-12H2,1-2H3,(H,18,23). The number of likely N-dealkylation sites (tertiary alicyclic amines) is 1. The second-order valence-electron chi connectivity index (χ2n) is 7.12. The van der Waals surface area contributed by atoms with Crippen molar-refractivity contribution >= 4 is 5.91 Å². The van der Waals surface area contributed by atoms with E-state index < -0.39 is 0 Å². The van der Waals surface area contributed by atoms with E-state index in [-0.39, 0.29) is 5.92 Å². The molecule has 2 heterocycles. The van der Waals surface area contributed by atoms with E-state index in [0.29, 0.717) is 11.9 Å². The van der Waals surface area contributed by atoms with Crippen LogP contribution < -0.4 is 5.32 Å². The summed E-state index contributed by atoms with van der Waals surface area (Å²) in [5.74, 6) is 2.54. The molecule has 3 rings (SSSR count). The highest BCUT2D eigenvalue weighted by Crippen LogP contribution is 2.24. The fraction of sp³-hybridized carbons (Fsp3) is 0.824. The molecule has 0 unspecified atom stereocenters. The van der Waals surface area contributed by atoms with Gasteiger partial charge >= 0.3 is 0 Å². The number of carbonyl (C=O) groups excluding carboxylic acids is 1. The van der Waals surface area contributed by atoms with E-state index in [1.165, 1.54) is 19.3 Å². The van der Waals surface area contributed by atoms with Crippen LogP contribution in [0.1, 0.15) is 56.6 Å². The van der Waals surface area contributed by atoms with Crippen LogP contribution >= 0.6 is 0 Å². The molecular formula is C17H29N5O. The van der Waals surface area contributed by atoms with Crippen molar-refractivity contribution < 1.29 is 4.79 Å². The summed E-state index contributed by atoms with van der Waals surface area (Å²) in [7, 11) is 2.02. The molecule has 1 saturated carbocycles. The van der Waals surface area contributed by atoms with Crippen LogP contribution in [0.5, 0.6) is 0 Å². The molecule has 23 heavy (non-hydrogen) atoms. The van der Waals surface area contributed by atoms with Crippen molar-refractivity contribution in [2.24, 2.45) is 13.0 Å². The molecule has 2 fully saturated rings. The van der Waals surface area contributed by atoms with Gasteiger partial charge in [-0.15, -0.1) is 10.2 Å². The topological polar surface area (TPSA) is 63.1 Å². The summed E-state index contributed by atoms with van der Waals surface area (Å²) in [6, 6.07) is 0.349. The summed E-state index contributed by atoms with van der Waals surface area (Å²) in [5, 5.41) is 11.6. The molecule has 1 aromatic heterocycles. The Morgan fingerprint density at radius 3 is 2.43 bits per heavy atom. The summed E-state index contributed by atoms with van der Waals surface area (Å²) >= 11 is 0. The first-order valence-corrected chi connectivity index (χ1v) is 9.01. The fourth-order valence-corrected chi connectivity index (χ4v) is 3.71. The highest BCUT2D eigenvalue weighted by Gasteiger charge is 2.26. The van der Waals surface area contributed by atoms with Gasteiger partial charge in [0.2, 0.25) is 5.91 Å². The van der Waals surface area contributed by atoms with Crippen molar-refractivity contribution in [2.45, 2.75) is 64.5 Å². The van der Waals surface area contributed by atoms with Gasteiger partial charge in [0.1, 0.15) is 11.6 Å². The fourth-order valence-electron chi connectivity index (χ4n) is 3.71. The molecular weight excluding hydrogens is 290 g/mol. The van der Waals surface area contributed by atoms with E-state index in [9.17, 15) is 4.79 Å². The number of amides is 1. The smallest absolute Gasteiger partial charge is 0.223 e. The molecule has 1 aromatic rings. The van der Waals surface area contributed by atoms with Gasteiger partial charge in [-0.05, 0) is 32.6 Å². The SMILES string of the molecule is Cc1nnc(CN2CCC(NC(=O)C3CCCCC3)CC2)n1C. The molecule has 1 N–H and O–H groups in total. The van der Waals surface area contributed by atoms with Crippen molar-refractivity contribution in [1.29, 1.82) is 0 Å². The van der Waals surface area contributed by atoms with E-state index in [1.807, 2.05) is 14.0 Å². The molecule has 1 aliphatic heterocycles. The Bertz CT molecular complexity index is 527. The zero-order valence-corrected chi connectivity index (χ0v) is 14.4. The van der Waals surface area contributed by atoms with Gasteiger partial charge in [-0.2, -0.15) is 0 Å². The van der Waals surface area contributed by atoms with Crippen molar-refractivity contribution in [2.75, 3.05) is 13.1 Å². The van der Waals surface area contributed by atoms with Gasteiger partial charge in [-0.1, -0.05) is 19.3 Å². The summed E-state index contributed by atoms with van der Waals surface area (Å²) in [6.07, 6.45) is 7.96. The van der Waals surface area contributed by atoms with Crippen LogP contribution in [0, 0.1) is 12.8 Å². The van der Waals surface area contributed by atoms with Crippen molar-refractivity contribution in [1.82, 2.24) is 25.0 Å². The van der Waals surface area contributed by atoms with Gasteiger partial charge in [-0.3, -0.25) is 9.69 Å². The minimum absolute atomic E-state index is 0.267. The third-order valence-corrected chi connectivity index (χ3v) is 5.46. The van der Waals surface area contributed by atoms with Crippen molar-refractivity contribution in [3.63, 3.8) is 0 Å². The number of carbonyl (C=O) groups is 1. The molecule has 1 amide bonds. The Labute approximate surface area is 138 Å². The molecule has 1 aliphatic carbocycles. The third kappa shape index (κ3) is 4.10. The van der Waals surface area contributed by atoms with Gasteiger partial charge in [0, 0.05) is 32.1 Å². The quantitative estimate of drug-likeness (QED) is 0.919. The normalized spacial score (nSPS) is 21.5. The molecule has 2 aliphatic rings. The Balaban J connectivity index is 1.43. The van der Waals surface area contributed by atoms with Crippen LogP contribution in [0.3, 0.4) is 0 Å². The summed E-state index contributed by atoms with van der Waals surface area (Å²) in [4.78, 5) is 14.7. The van der Waals surface area contributed by atoms with Crippen LogP contribution in [0.2, 0.25) is 0 Å². The van der Waals surface area contributed by atoms with Crippen LogP contribution in [0.25, 0.3) is 0 Å². The molecule has 6 nitrogen and oxygen atoms in total. The van der Waals surface area contributed by atoms with Gasteiger partial charge in [0.05, 0.1) is 6.54 Å². The number of hydrogen-bond acceptors (Lipinski definition) is 4. The van der Waals surface area contributed by atoms with Gasteiger partial charge in [0.15, 0.2) is 0 Å². The Kier molecular flexibility index (Phi) is 5.30. The highest BCUT2D eigenvalue weighted by molar-refractivity contribution is 5.79. The summed E-state index contributed by atoms with van der Waals surface area (Å²) in [5.41, 5.74) is 0. The monoisotopic (exact) mass is 319 g/mol. The summed E-state index contributed by atoms with van der Waals surface area (Å²) < 4.78 is 2.05. The summed E-state index contributed by atoms with van der Waals surface area (Å²) in [6.45, 7) is 4.85. The zero-order valence-electron chi connectivity index (χ0n) is 14.4. The Hall–Kier alpha value is -1.43. The first kappa shape index (κ1) is 16.4. The average molecular weight is 319 g/mol. The number of hydrogen-bond donors (Lipinski definition) is 1. The molecule has 0 radical (unpaired) electrons. The maximum Gasteiger partial charge on any atom is 0.223 e. The lowest BCUT2D eigenvalue weighted by Crippen LogP contribution is -2.46. The lowest BCUT2D eigenvalue weighted by molar-refractivity contribution is -0.127. The zero-order chi connectivity index (χ0) is 16.2. The molecule has 0 spiro atoms. The molecule has 0 atom stereocenters. The van der Waals surface area contributed by atoms with Crippen LogP contribution in [-0.4, -0.2) is 44.7 Å². The lowest BCUT2D eigenvalue weighted by Gasteiger charge is -2.33. The van der Waals surface area contributed by atoms with Crippen LogP contribution in [-0.2, 0) is 18.4 Å². The van der Waals surface area contributed by atoms with E-state index in [0.717, 1.165) is 57.0 Å². The maximum absolute atomic E-state index is 12.3. The Morgan fingerprint density at radius 2 is 1.83 bits per heavy atom. The highest BCUT2D eigenvalue weighted by atomic mass is 16.1. The van der Waals surface area contributed by atoms with Crippen LogP contribution in [0.15, 0.2) is 0 Å². The Morgan fingerprint density at radius 1 is 1.13 bits per heavy atom. The second kappa shape index (κ2) is 7.43. The predicted octanol–water partition coefficient (Wildman–Crippen LogP) is 1.78. The second-order valence-corrected chi connectivity index (χ2v) is 7.12. The minimum Gasteiger partial charge on any atom is -0.353 e. The van der Waals surface area contributed by atoms with E-state index in [2.05, 4.69) is 25.0 Å². The number of aromatic nitrogens is 3. The van der Waals surface area contributed by atoms with Crippen molar-refractivity contribution in [3.8, 4) is 0 Å². The van der Waals surface area contributed by atoms with E-state index in [4.69, 9.17) is 0 Å². The van der Waals surface area contributed by atoms with E-state index >= 15 is 0 Å². The molecule has 1 saturated heterocycles. The first-order chi connectivity index (χ1) is 11.1. The van der Waals surface area contributed by atoms with Gasteiger partial charge in [0.25, 0.3) is 0 Å². The number of piperidine rings is 1. The number of nitrogens with one attached hydrogen (secondary N) is 1. The van der Waals surface area contributed by atoms with Crippen molar-refractivity contribution in [3.05, 3.63) is 11.6 Å². The molecule has 128 valence electrons. The molecule has 0 aromatic carbocycles. The third-order valence-electron chi connectivity index (χ3n) is 5.46. The molecule has 0 bridgehead atoms. The van der Waals surface area contributed by atoms with Gasteiger partial charge < -0.3 is 9.88 Å². The first-order valence-electron chi connectivity index (χ1n) is 9.01.